The van der Waals surface area contributed by atoms with Crippen LogP contribution in [0.1, 0.15) is 11.1 Å². The number of hydrogen-bond acceptors (Lipinski definition) is 13. The largest absolute Gasteiger partial charge is 2.00 e. The zero-order chi connectivity index (χ0) is 39.5. The molecule has 0 bridgehead atoms. The fourth-order valence-corrected chi connectivity index (χ4v) is 5.51. The van der Waals surface area contributed by atoms with Gasteiger partial charge in [-0.2, -0.15) is 0 Å². The van der Waals surface area contributed by atoms with E-state index in [1.165, 1.54) is 26.6 Å². The smallest absolute Gasteiger partial charge is 1.00 e. The number of hydrogen-bond donors (Lipinski definition) is 2. The molecule has 0 aliphatic rings. The van der Waals surface area contributed by atoms with E-state index in [2.05, 4.69) is 15.0 Å². The SMILES string of the molecule is COCCOCCOc1ccccc1-c1cc(C=Nc2cccnc2/N=C/c2cc(-c3ccccc3OCCOCCOC)cc(OC)c2O)c(O)c(OC)c1.[Cl-].[Mn+2]. The van der Waals surface area contributed by atoms with E-state index in [0.29, 0.717) is 81.2 Å². The maximum absolute atomic E-state index is 11.1. The molecule has 2 N–H and O–H groups in total. The maximum atomic E-state index is 11.1. The minimum Gasteiger partial charge on any atom is -1.00 e. The molecule has 5 aromatic rings. The first-order valence-corrected chi connectivity index (χ1v) is 17.9. The molecule has 13 nitrogen and oxygen atoms in total. The number of para-hydroxylation sites is 2. The number of benzene rings is 4. The number of phenols is 2. The standard InChI is InChI=1S/C43H47N3O10.ClH.Mn/c1-49-16-18-53-20-22-55-37-13-7-5-10-34(37)30-24-32(41(47)39(26-30)51-3)28-45-36-12-9-15-44-43(36)46-29-33-25-31(27-40(52-4)42(33)48)35-11-6-8-14-38(35)56-23-21-54-19-17-50-2;;/h5-15,24-29,47-48H,16-23H2,1-4H3;1H;/q;;+2/p-1/b45-28?,46-29+;;. The van der Waals surface area contributed by atoms with Gasteiger partial charge in [0.25, 0.3) is 0 Å². The van der Waals surface area contributed by atoms with Crippen LogP contribution in [0.3, 0.4) is 0 Å². The van der Waals surface area contributed by atoms with Crippen molar-refractivity contribution in [3.8, 4) is 56.8 Å². The second-order valence-corrected chi connectivity index (χ2v) is 12.0. The van der Waals surface area contributed by atoms with Gasteiger partial charge in [0.1, 0.15) is 30.4 Å². The average Bonchev–Trinajstić information content (AvgIpc) is 3.23. The van der Waals surface area contributed by atoms with Crippen LogP contribution in [0.2, 0.25) is 0 Å². The van der Waals surface area contributed by atoms with E-state index in [9.17, 15) is 10.2 Å². The summed E-state index contributed by atoms with van der Waals surface area (Å²) in [6.45, 7) is 3.46. The molecule has 0 amide bonds. The Morgan fingerprint density at radius 1 is 0.552 bits per heavy atom. The van der Waals surface area contributed by atoms with E-state index in [1.807, 2.05) is 48.5 Å². The third kappa shape index (κ3) is 13.2. The number of phenolic OH excluding ortho intramolecular Hbond substituents is 2. The number of aromatic hydroxyl groups is 2. The summed E-state index contributed by atoms with van der Waals surface area (Å²) in [5, 5.41) is 22.2. The van der Waals surface area contributed by atoms with E-state index in [1.54, 1.807) is 56.8 Å². The Hall–Kier alpha value is -5.18. The summed E-state index contributed by atoms with van der Waals surface area (Å²) in [7, 11) is 6.22. The van der Waals surface area contributed by atoms with Crippen LogP contribution in [0, 0.1) is 0 Å². The molecule has 0 spiro atoms. The van der Waals surface area contributed by atoms with E-state index >= 15 is 0 Å². The van der Waals surface area contributed by atoms with E-state index in [0.717, 1.165) is 22.3 Å². The predicted octanol–water partition coefficient (Wildman–Crippen LogP) is 4.43. The van der Waals surface area contributed by atoms with Crippen molar-refractivity contribution in [2.75, 3.05) is 81.3 Å². The number of methoxy groups -OCH3 is 4. The Morgan fingerprint density at radius 2 is 1.02 bits per heavy atom. The molecule has 0 saturated carbocycles. The van der Waals surface area contributed by atoms with Gasteiger partial charge in [-0.05, 0) is 59.7 Å². The van der Waals surface area contributed by atoms with E-state index < -0.39 is 0 Å². The summed E-state index contributed by atoms with van der Waals surface area (Å²) < 4.78 is 44.3. The molecule has 0 atom stereocenters. The van der Waals surface area contributed by atoms with Gasteiger partial charge in [0.2, 0.25) is 0 Å². The van der Waals surface area contributed by atoms with Gasteiger partial charge in [-0.3, -0.25) is 4.99 Å². The van der Waals surface area contributed by atoms with Gasteiger partial charge in [0, 0.05) is 55.1 Å². The zero-order valence-corrected chi connectivity index (χ0v) is 34.7. The predicted molar refractivity (Wildman–Crippen MR) is 215 cm³/mol. The normalized spacial score (nSPS) is 11.0. The molecule has 0 aliphatic carbocycles. The zero-order valence-electron chi connectivity index (χ0n) is 32.7. The Labute approximate surface area is 355 Å². The van der Waals surface area contributed by atoms with Crippen molar-refractivity contribution in [3.05, 3.63) is 102 Å². The molecule has 58 heavy (non-hydrogen) atoms. The number of pyridine rings is 1. The second-order valence-electron chi connectivity index (χ2n) is 12.0. The molecular weight excluding hydrogens is 809 g/mol. The van der Waals surface area contributed by atoms with Crippen LogP contribution in [0.5, 0.6) is 34.5 Å². The molecule has 1 heterocycles. The van der Waals surface area contributed by atoms with Gasteiger partial charge in [-0.1, -0.05) is 36.4 Å². The van der Waals surface area contributed by atoms with Crippen molar-refractivity contribution in [3.63, 3.8) is 0 Å². The summed E-state index contributed by atoms with van der Waals surface area (Å²) in [4.78, 5) is 13.7. The van der Waals surface area contributed by atoms with Gasteiger partial charge in [0.05, 0.1) is 53.9 Å². The van der Waals surface area contributed by atoms with Crippen molar-refractivity contribution in [2.45, 2.75) is 0 Å². The first kappa shape index (κ1) is 47.2. The first-order chi connectivity index (χ1) is 27.5. The summed E-state index contributed by atoms with van der Waals surface area (Å²) in [6, 6.07) is 25.7. The molecule has 0 unspecified atom stereocenters. The number of aliphatic imine (C=N–C) groups is 2. The molecule has 1 aromatic heterocycles. The van der Waals surface area contributed by atoms with Crippen molar-refractivity contribution in [1.82, 2.24) is 4.98 Å². The van der Waals surface area contributed by atoms with Crippen molar-refractivity contribution >= 4 is 23.9 Å². The molecule has 0 aliphatic heterocycles. The molecule has 5 rings (SSSR count). The Bertz CT molecular complexity index is 1940. The van der Waals surface area contributed by atoms with Gasteiger partial charge in [0.15, 0.2) is 28.8 Å². The molecule has 0 fully saturated rings. The third-order valence-corrected chi connectivity index (χ3v) is 8.31. The van der Waals surface area contributed by atoms with Crippen LogP contribution in [-0.2, 0) is 36.0 Å². The van der Waals surface area contributed by atoms with Crippen LogP contribution in [0.25, 0.3) is 22.3 Å². The fourth-order valence-electron chi connectivity index (χ4n) is 5.51. The number of ether oxygens (including phenoxy) is 8. The van der Waals surface area contributed by atoms with Crippen LogP contribution < -0.4 is 31.4 Å². The van der Waals surface area contributed by atoms with Gasteiger partial charge >= 0.3 is 17.1 Å². The summed E-state index contributed by atoms with van der Waals surface area (Å²) in [5.41, 5.74) is 4.26. The van der Waals surface area contributed by atoms with Gasteiger partial charge in [-0.25, -0.2) is 9.98 Å². The van der Waals surface area contributed by atoms with Crippen LogP contribution >= 0.6 is 0 Å². The molecule has 0 saturated heterocycles. The Balaban J connectivity index is 0.00000450. The molecule has 15 heteroatoms. The van der Waals surface area contributed by atoms with E-state index in [4.69, 9.17) is 37.9 Å². The average molecular weight is 856 g/mol. The quantitative estimate of drug-likeness (QED) is 0.0578. The van der Waals surface area contributed by atoms with Crippen molar-refractivity contribution in [1.29, 1.82) is 0 Å². The summed E-state index contributed by atoms with van der Waals surface area (Å²) in [5.74, 6) is 1.90. The van der Waals surface area contributed by atoms with Crippen molar-refractivity contribution < 1.29 is 77.6 Å². The van der Waals surface area contributed by atoms with Crippen LogP contribution in [0.15, 0.2) is 101 Å². The maximum Gasteiger partial charge on any atom is 2.00 e. The number of halogens is 1. The second kappa shape index (κ2) is 25.2. The van der Waals surface area contributed by atoms with Crippen LogP contribution in [0.4, 0.5) is 11.5 Å². The first-order valence-electron chi connectivity index (χ1n) is 17.9. The molecular formula is C43H47ClMnN3O10+. The summed E-state index contributed by atoms with van der Waals surface area (Å²) in [6.07, 6.45) is 4.61. The minimum absolute atomic E-state index is 0. The van der Waals surface area contributed by atoms with Gasteiger partial charge in [-0.15, -0.1) is 0 Å². The fraction of sp³-hybridized carbons (Fsp3) is 0.279. The Kier molecular flexibility index (Phi) is 20.5. The molecule has 307 valence electrons. The van der Waals surface area contributed by atoms with Crippen molar-refractivity contribution in [2.24, 2.45) is 9.98 Å². The monoisotopic (exact) mass is 855 g/mol. The molecule has 4 aromatic carbocycles. The molecule has 1 radical (unpaired) electrons. The number of aromatic nitrogens is 1. The topological polar surface area (TPSA) is 152 Å². The number of rotatable bonds is 22. The summed E-state index contributed by atoms with van der Waals surface area (Å²) >= 11 is 0. The minimum atomic E-state index is -0.0948. The Morgan fingerprint density at radius 3 is 1.50 bits per heavy atom. The number of nitrogens with zero attached hydrogens (tertiary/aromatic N) is 3. The third-order valence-electron chi connectivity index (χ3n) is 8.31. The van der Waals surface area contributed by atoms with Gasteiger partial charge < -0.3 is 60.5 Å². The van der Waals surface area contributed by atoms with E-state index in [-0.39, 0.29) is 58.3 Å². The van der Waals surface area contributed by atoms with Crippen LogP contribution in [-0.4, -0.2) is 109 Å².